The molecule has 0 aliphatic rings. The van der Waals surface area contributed by atoms with Crippen LogP contribution < -0.4 is 0 Å². The van der Waals surface area contributed by atoms with Gasteiger partial charge < -0.3 is 14.6 Å². The van der Waals surface area contributed by atoms with Crippen molar-refractivity contribution in [1.82, 2.24) is 0 Å². The highest BCUT2D eigenvalue weighted by Gasteiger charge is 2.21. The summed E-state index contributed by atoms with van der Waals surface area (Å²) in [6, 6.07) is 0. The van der Waals surface area contributed by atoms with Crippen LogP contribution in [0.4, 0.5) is 0 Å². The van der Waals surface area contributed by atoms with Crippen LogP contribution in [0.3, 0.4) is 0 Å². The SMILES string of the molecule is CCCCCCCC/C=C\CCCCCCCCOC(=O)C[C@H](O)C(=O)OCCCCCCCC/C=C/CCCCCCCC. The molecule has 0 bridgehead atoms. The molecule has 0 aromatic heterocycles. The Balaban J connectivity index is 3.45. The first-order valence-electron chi connectivity index (χ1n) is 19.4. The van der Waals surface area contributed by atoms with E-state index in [0.29, 0.717) is 13.2 Å². The van der Waals surface area contributed by atoms with Gasteiger partial charge in [-0.15, -0.1) is 0 Å². The molecule has 0 aromatic rings. The second kappa shape index (κ2) is 36.8. The summed E-state index contributed by atoms with van der Waals surface area (Å²) < 4.78 is 10.4. The smallest absolute Gasteiger partial charge is 0.335 e. The van der Waals surface area contributed by atoms with Crippen molar-refractivity contribution in [3.8, 4) is 0 Å². The fourth-order valence-electron chi connectivity index (χ4n) is 5.45. The van der Waals surface area contributed by atoms with Crippen LogP contribution in [0.15, 0.2) is 24.3 Å². The van der Waals surface area contributed by atoms with E-state index in [-0.39, 0.29) is 6.42 Å². The summed E-state index contributed by atoms with van der Waals surface area (Å²) in [4.78, 5) is 23.9. The number of esters is 2. The number of hydrogen-bond donors (Lipinski definition) is 1. The third-order valence-corrected chi connectivity index (χ3v) is 8.45. The van der Waals surface area contributed by atoms with E-state index in [4.69, 9.17) is 9.47 Å². The van der Waals surface area contributed by atoms with Crippen LogP contribution >= 0.6 is 0 Å². The van der Waals surface area contributed by atoms with Gasteiger partial charge in [0.1, 0.15) is 0 Å². The molecule has 0 aliphatic carbocycles. The zero-order valence-corrected chi connectivity index (χ0v) is 29.9. The van der Waals surface area contributed by atoms with Crippen LogP contribution in [-0.2, 0) is 19.1 Å². The Bertz CT molecular complexity index is 686. The molecular weight excluding hydrogens is 560 g/mol. The fourth-order valence-corrected chi connectivity index (χ4v) is 5.45. The first kappa shape index (κ1) is 43.4. The number of unbranched alkanes of at least 4 members (excludes halogenated alkanes) is 24. The summed E-state index contributed by atoms with van der Waals surface area (Å²) in [5.41, 5.74) is 0. The van der Waals surface area contributed by atoms with E-state index >= 15 is 0 Å². The minimum Gasteiger partial charge on any atom is -0.466 e. The minimum absolute atomic E-state index is 0.293. The lowest BCUT2D eigenvalue weighted by Crippen LogP contribution is -2.27. The van der Waals surface area contributed by atoms with E-state index in [2.05, 4.69) is 38.2 Å². The van der Waals surface area contributed by atoms with Crippen LogP contribution in [0.2, 0.25) is 0 Å². The van der Waals surface area contributed by atoms with Crippen LogP contribution in [0, 0.1) is 0 Å². The molecule has 0 spiro atoms. The number of rotatable bonds is 35. The molecule has 0 fully saturated rings. The van der Waals surface area contributed by atoms with Crippen LogP contribution in [0.25, 0.3) is 0 Å². The Hall–Kier alpha value is -1.62. The Labute approximate surface area is 279 Å². The van der Waals surface area contributed by atoms with Gasteiger partial charge in [-0.3, -0.25) is 4.79 Å². The maximum absolute atomic E-state index is 12.0. The van der Waals surface area contributed by atoms with Crippen molar-refractivity contribution >= 4 is 11.9 Å². The Morgan fingerprint density at radius 3 is 1.16 bits per heavy atom. The predicted octanol–water partition coefficient (Wildman–Crippen LogP) is 11.9. The number of hydrogen-bond acceptors (Lipinski definition) is 5. The predicted molar refractivity (Wildman–Crippen MR) is 191 cm³/mol. The molecule has 45 heavy (non-hydrogen) atoms. The third kappa shape index (κ3) is 35.1. The van der Waals surface area contributed by atoms with Gasteiger partial charge >= 0.3 is 11.9 Å². The van der Waals surface area contributed by atoms with Crippen molar-refractivity contribution in [3.05, 3.63) is 24.3 Å². The van der Waals surface area contributed by atoms with Crippen molar-refractivity contribution in [1.29, 1.82) is 0 Å². The zero-order valence-electron chi connectivity index (χ0n) is 29.9. The summed E-state index contributed by atoms with van der Waals surface area (Å²) >= 11 is 0. The number of carbonyl (C=O) groups excluding carboxylic acids is 2. The zero-order chi connectivity index (χ0) is 32.9. The van der Waals surface area contributed by atoms with Crippen molar-refractivity contribution in [2.75, 3.05) is 13.2 Å². The molecule has 0 aromatic carbocycles. The van der Waals surface area contributed by atoms with Crippen LogP contribution in [0.1, 0.15) is 200 Å². The van der Waals surface area contributed by atoms with E-state index in [1.165, 1.54) is 141 Å². The summed E-state index contributed by atoms with van der Waals surface area (Å²) in [5, 5.41) is 9.98. The van der Waals surface area contributed by atoms with E-state index < -0.39 is 18.0 Å². The van der Waals surface area contributed by atoms with Gasteiger partial charge in [-0.25, -0.2) is 4.79 Å². The minimum atomic E-state index is -1.44. The molecule has 264 valence electrons. The van der Waals surface area contributed by atoms with Crippen molar-refractivity contribution < 1.29 is 24.2 Å². The quantitative estimate of drug-likeness (QED) is 0.0426. The molecule has 0 aliphatic heterocycles. The lowest BCUT2D eigenvalue weighted by Gasteiger charge is -2.11. The fraction of sp³-hybridized carbons (Fsp3) is 0.850. The Morgan fingerprint density at radius 1 is 0.467 bits per heavy atom. The van der Waals surface area contributed by atoms with E-state index in [1.807, 2.05) is 0 Å². The monoisotopic (exact) mass is 635 g/mol. The van der Waals surface area contributed by atoms with E-state index in [0.717, 1.165) is 38.5 Å². The second-order valence-corrected chi connectivity index (χ2v) is 13.0. The molecule has 0 saturated heterocycles. The first-order valence-corrected chi connectivity index (χ1v) is 19.4. The van der Waals surface area contributed by atoms with E-state index in [9.17, 15) is 14.7 Å². The number of aliphatic hydroxyl groups is 1. The summed E-state index contributed by atoms with van der Waals surface area (Å²) in [7, 11) is 0. The molecule has 5 heteroatoms. The van der Waals surface area contributed by atoms with Gasteiger partial charge in [-0.1, -0.05) is 154 Å². The maximum atomic E-state index is 12.0. The molecule has 0 rings (SSSR count). The molecule has 0 radical (unpaired) electrons. The second-order valence-electron chi connectivity index (χ2n) is 13.0. The van der Waals surface area contributed by atoms with Gasteiger partial charge in [0.05, 0.1) is 19.6 Å². The molecule has 1 atom stereocenters. The standard InChI is InChI=1S/C40H74O5/c1-3-5-7-9-11-13-15-17-19-21-23-25-27-29-31-33-35-44-39(42)37-38(41)40(43)45-36-34-32-30-28-26-24-22-20-18-16-14-12-10-8-6-4-2/h17-20,38,41H,3-16,21-37H2,1-2H3/b19-17-,20-18+/t38-/m0/s1. The van der Waals surface area contributed by atoms with Gasteiger partial charge in [0, 0.05) is 0 Å². The van der Waals surface area contributed by atoms with E-state index in [1.54, 1.807) is 0 Å². The molecule has 0 saturated carbocycles. The summed E-state index contributed by atoms with van der Waals surface area (Å²) in [6.07, 6.45) is 42.0. The lowest BCUT2D eigenvalue weighted by atomic mass is 10.1. The molecular formula is C40H74O5. The molecule has 0 amide bonds. The third-order valence-electron chi connectivity index (χ3n) is 8.45. The van der Waals surface area contributed by atoms with Crippen molar-refractivity contribution in [2.45, 2.75) is 206 Å². The molecule has 5 nitrogen and oxygen atoms in total. The molecule has 0 heterocycles. The maximum Gasteiger partial charge on any atom is 0.335 e. The van der Waals surface area contributed by atoms with Crippen molar-refractivity contribution in [2.24, 2.45) is 0 Å². The van der Waals surface area contributed by atoms with Gasteiger partial charge in [0.15, 0.2) is 6.10 Å². The Kier molecular flexibility index (Phi) is 35.5. The highest BCUT2D eigenvalue weighted by molar-refractivity contribution is 5.81. The number of allylic oxidation sites excluding steroid dienone is 4. The topological polar surface area (TPSA) is 72.8 Å². The normalized spacial score (nSPS) is 12.3. The Morgan fingerprint density at radius 2 is 0.778 bits per heavy atom. The van der Waals surface area contributed by atoms with Gasteiger partial charge in [0.2, 0.25) is 0 Å². The van der Waals surface area contributed by atoms with Gasteiger partial charge in [0.25, 0.3) is 0 Å². The highest BCUT2D eigenvalue weighted by atomic mass is 16.6. The molecule has 0 unspecified atom stereocenters. The highest BCUT2D eigenvalue weighted by Crippen LogP contribution is 2.12. The van der Waals surface area contributed by atoms with Gasteiger partial charge in [-0.05, 0) is 64.2 Å². The van der Waals surface area contributed by atoms with Crippen LogP contribution in [-0.4, -0.2) is 36.4 Å². The molecule has 1 N–H and O–H groups in total. The van der Waals surface area contributed by atoms with Crippen LogP contribution in [0.5, 0.6) is 0 Å². The number of ether oxygens (including phenoxy) is 2. The number of carbonyl (C=O) groups is 2. The summed E-state index contributed by atoms with van der Waals surface area (Å²) in [5.74, 6) is -1.26. The average molecular weight is 635 g/mol. The van der Waals surface area contributed by atoms with Crippen molar-refractivity contribution in [3.63, 3.8) is 0 Å². The lowest BCUT2D eigenvalue weighted by molar-refractivity contribution is -0.160. The largest absolute Gasteiger partial charge is 0.466 e. The summed E-state index contributed by atoms with van der Waals surface area (Å²) in [6.45, 7) is 5.16. The first-order chi connectivity index (χ1) is 22.1. The number of aliphatic hydroxyl groups excluding tert-OH is 1. The van der Waals surface area contributed by atoms with Gasteiger partial charge in [-0.2, -0.15) is 0 Å². The average Bonchev–Trinajstić information content (AvgIpc) is 3.03.